The lowest BCUT2D eigenvalue weighted by molar-refractivity contribution is -0.129. The third-order valence-electron chi connectivity index (χ3n) is 2.83. The second-order valence-electron chi connectivity index (χ2n) is 4.66. The van der Waals surface area contributed by atoms with E-state index >= 15 is 0 Å². The molecule has 1 amide bonds. The number of nitrogens with one attached hydrogen (secondary N) is 1. The van der Waals surface area contributed by atoms with E-state index in [0.717, 1.165) is 25.7 Å². The van der Waals surface area contributed by atoms with Gasteiger partial charge in [0.1, 0.15) is 0 Å². The number of carbonyl (C=O) groups is 1. The summed E-state index contributed by atoms with van der Waals surface area (Å²) in [5.41, 5.74) is 0. The third kappa shape index (κ3) is 5.79. The molecule has 0 aromatic carbocycles. The van der Waals surface area contributed by atoms with Crippen molar-refractivity contribution in [1.82, 2.24) is 9.62 Å². The summed E-state index contributed by atoms with van der Waals surface area (Å²) in [4.78, 5) is 13.4. The SMILES string of the molecule is CCCOC[C@@H]1CCN(C(=O)CNS(C)(=O)=O)C1. The van der Waals surface area contributed by atoms with Crippen LogP contribution in [0, 0.1) is 5.92 Å². The molecular weight excluding hydrogens is 256 g/mol. The Kier molecular flexibility index (Phi) is 6.04. The van der Waals surface area contributed by atoms with Crippen molar-refractivity contribution in [3.05, 3.63) is 0 Å². The lowest BCUT2D eigenvalue weighted by Gasteiger charge is -2.16. The number of ether oxygens (including phenoxy) is 1. The van der Waals surface area contributed by atoms with Crippen molar-refractivity contribution in [2.75, 3.05) is 39.1 Å². The molecule has 6 nitrogen and oxygen atoms in total. The Hall–Kier alpha value is -0.660. The van der Waals surface area contributed by atoms with Gasteiger partial charge in [-0.2, -0.15) is 0 Å². The van der Waals surface area contributed by atoms with E-state index in [1.54, 1.807) is 4.90 Å². The summed E-state index contributed by atoms with van der Waals surface area (Å²) in [7, 11) is -3.30. The van der Waals surface area contributed by atoms with Crippen LogP contribution < -0.4 is 4.72 Å². The third-order valence-corrected chi connectivity index (χ3v) is 3.49. The van der Waals surface area contributed by atoms with Gasteiger partial charge in [-0.1, -0.05) is 6.92 Å². The number of hydrogen-bond acceptors (Lipinski definition) is 4. The number of hydrogen-bond donors (Lipinski definition) is 1. The molecule has 1 aliphatic heterocycles. The Labute approximate surface area is 109 Å². The highest BCUT2D eigenvalue weighted by atomic mass is 32.2. The Morgan fingerprint density at radius 2 is 2.22 bits per heavy atom. The lowest BCUT2D eigenvalue weighted by atomic mass is 10.1. The fourth-order valence-electron chi connectivity index (χ4n) is 1.89. The van der Waals surface area contributed by atoms with Crippen LogP contribution in [0.1, 0.15) is 19.8 Å². The van der Waals surface area contributed by atoms with E-state index in [1.807, 2.05) is 0 Å². The maximum Gasteiger partial charge on any atom is 0.237 e. The molecule has 0 unspecified atom stereocenters. The van der Waals surface area contributed by atoms with Crippen LogP contribution in [0.2, 0.25) is 0 Å². The van der Waals surface area contributed by atoms with Crippen molar-refractivity contribution in [3.8, 4) is 0 Å². The summed E-state index contributed by atoms with van der Waals surface area (Å²) in [6, 6.07) is 0. The Morgan fingerprint density at radius 3 is 2.83 bits per heavy atom. The predicted molar refractivity (Wildman–Crippen MR) is 68.6 cm³/mol. The second kappa shape index (κ2) is 7.06. The van der Waals surface area contributed by atoms with Crippen LogP contribution in [0.3, 0.4) is 0 Å². The van der Waals surface area contributed by atoms with Crippen LogP contribution in [0.25, 0.3) is 0 Å². The molecule has 0 aromatic heterocycles. The van der Waals surface area contributed by atoms with Crippen molar-refractivity contribution >= 4 is 15.9 Å². The van der Waals surface area contributed by atoms with Gasteiger partial charge in [0.05, 0.1) is 19.4 Å². The molecule has 0 spiro atoms. The van der Waals surface area contributed by atoms with Gasteiger partial charge in [-0.15, -0.1) is 0 Å². The summed E-state index contributed by atoms with van der Waals surface area (Å²) < 4.78 is 29.4. The standard InChI is InChI=1S/C11H22N2O4S/c1-3-6-17-9-10-4-5-13(8-10)11(14)7-12-18(2,15)16/h10,12H,3-9H2,1-2H3/t10-/m1/s1. The first-order chi connectivity index (χ1) is 8.42. The highest BCUT2D eigenvalue weighted by Crippen LogP contribution is 2.16. The van der Waals surface area contributed by atoms with Gasteiger partial charge >= 0.3 is 0 Å². The average molecular weight is 278 g/mol. The maximum absolute atomic E-state index is 11.7. The first-order valence-electron chi connectivity index (χ1n) is 6.22. The van der Waals surface area contributed by atoms with Gasteiger partial charge in [0.25, 0.3) is 0 Å². The Balaban J connectivity index is 2.26. The Bertz CT molecular complexity index is 369. The van der Waals surface area contributed by atoms with E-state index in [1.165, 1.54) is 0 Å². The summed E-state index contributed by atoms with van der Waals surface area (Å²) >= 11 is 0. The van der Waals surface area contributed by atoms with Crippen molar-refractivity contribution in [1.29, 1.82) is 0 Å². The topological polar surface area (TPSA) is 75.7 Å². The van der Waals surface area contributed by atoms with Gasteiger partial charge in [-0.25, -0.2) is 13.1 Å². The van der Waals surface area contributed by atoms with Gasteiger partial charge in [-0.05, 0) is 12.8 Å². The molecule has 7 heteroatoms. The first-order valence-corrected chi connectivity index (χ1v) is 8.11. The minimum Gasteiger partial charge on any atom is -0.381 e. The molecule has 0 bridgehead atoms. The maximum atomic E-state index is 11.7. The molecule has 0 saturated carbocycles. The summed E-state index contributed by atoms with van der Waals surface area (Å²) in [5.74, 6) is 0.206. The van der Waals surface area contributed by atoms with Crippen LogP contribution >= 0.6 is 0 Å². The van der Waals surface area contributed by atoms with Gasteiger partial charge in [0.15, 0.2) is 0 Å². The number of amides is 1. The molecule has 1 N–H and O–H groups in total. The highest BCUT2D eigenvalue weighted by molar-refractivity contribution is 7.88. The number of carbonyl (C=O) groups excluding carboxylic acids is 1. The molecule has 0 aliphatic carbocycles. The van der Waals surface area contributed by atoms with Crippen LogP contribution in [-0.2, 0) is 19.6 Å². The minimum atomic E-state index is -3.30. The molecule has 18 heavy (non-hydrogen) atoms. The van der Waals surface area contributed by atoms with E-state index < -0.39 is 10.0 Å². The molecule has 0 aromatic rings. The van der Waals surface area contributed by atoms with Crippen LogP contribution in [0.15, 0.2) is 0 Å². The molecule has 1 heterocycles. The van der Waals surface area contributed by atoms with Crippen molar-refractivity contribution < 1.29 is 17.9 Å². The molecule has 1 saturated heterocycles. The summed E-state index contributed by atoms with van der Waals surface area (Å²) in [6.07, 6.45) is 2.97. The van der Waals surface area contributed by atoms with E-state index in [4.69, 9.17) is 4.74 Å². The Morgan fingerprint density at radius 1 is 1.50 bits per heavy atom. The van der Waals surface area contributed by atoms with Crippen molar-refractivity contribution in [3.63, 3.8) is 0 Å². The number of sulfonamides is 1. The summed E-state index contributed by atoms with van der Waals surface area (Å²) in [6.45, 7) is 4.68. The zero-order valence-electron chi connectivity index (χ0n) is 11.0. The van der Waals surface area contributed by atoms with Gasteiger partial charge in [0, 0.05) is 25.6 Å². The summed E-state index contributed by atoms with van der Waals surface area (Å²) in [5, 5.41) is 0. The quantitative estimate of drug-likeness (QED) is 0.655. The predicted octanol–water partition coefficient (Wildman–Crippen LogP) is -0.189. The molecule has 1 fully saturated rings. The monoisotopic (exact) mass is 278 g/mol. The fraction of sp³-hybridized carbons (Fsp3) is 0.909. The van der Waals surface area contributed by atoms with E-state index in [2.05, 4.69) is 11.6 Å². The van der Waals surface area contributed by atoms with Gasteiger partial charge in [0.2, 0.25) is 15.9 Å². The number of likely N-dealkylation sites (tertiary alicyclic amines) is 1. The smallest absolute Gasteiger partial charge is 0.237 e. The largest absolute Gasteiger partial charge is 0.381 e. The lowest BCUT2D eigenvalue weighted by Crippen LogP contribution is -2.38. The molecular formula is C11H22N2O4S. The van der Waals surface area contributed by atoms with Gasteiger partial charge in [-0.3, -0.25) is 4.79 Å². The normalized spacial score (nSPS) is 20.3. The van der Waals surface area contributed by atoms with Crippen molar-refractivity contribution in [2.45, 2.75) is 19.8 Å². The molecule has 1 rings (SSSR count). The van der Waals surface area contributed by atoms with E-state index in [-0.39, 0.29) is 12.5 Å². The molecule has 106 valence electrons. The van der Waals surface area contributed by atoms with E-state index in [9.17, 15) is 13.2 Å². The van der Waals surface area contributed by atoms with E-state index in [0.29, 0.717) is 25.6 Å². The zero-order valence-corrected chi connectivity index (χ0v) is 11.8. The molecule has 1 aliphatic rings. The van der Waals surface area contributed by atoms with Gasteiger partial charge < -0.3 is 9.64 Å². The van der Waals surface area contributed by atoms with Crippen molar-refractivity contribution in [2.24, 2.45) is 5.92 Å². The number of rotatable bonds is 7. The van der Waals surface area contributed by atoms with Crippen LogP contribution in [-0.4, -0.2) is 58.3 Å². The average Bonchev–Trinajstić information content (AvgIpc) is 2.74. The molecule has 1 atom stereocenters. The second-order valence-corrected chi connectivity index (χ2v) is 6.50. The zero-order chi connectivity index (χ0) is 13.6. The van der Waals surface area contributed by atoms with Crippen LogP contribution in [0.4, 0.5) is 0 Å². The molecule has 0 radical (unpaired) electrons. The highest BCUT2D eigenvalue weighted by Gasteiger charge is 2.26. The number of nitrogens with zero attached hydrogens (tertiary/aromatic N) is 1. The fourth-order valence-corrected chi connectivity index (χ4v) is 2.28. The first kappa shape index (κ1) is 15.4. The van der Waals surface area contributed by atoms with Crippen LogP contribution in [0.5, 0.6) is 0 Å². The minimum absolute atomic E-state index is 0.151.